The molecule has 0 bridgehead atoms. The third kappa shape index (κ3) is 2.52. The fraction of sp³-hybridized carbons (Fsp3) is 0.263. The highest BCUT2D eigenvalue weighted by Gasteiger charge is 2.23. The third-order valence-corrected chi connectivity index (χ3v) is 5.03. The van der Waals surface area contributed by atoms with Gasteiger partial charge in [0.2, 0.25) is 0 Å². The highest BCUT2D eigenvalue weighted by molar-refractivity contribution is 6.09. The lowest BCUT2D eigenvalue weighted by Gasteiger charge is -2.15. The van der Waals surface area contributed by atoms with Gasteiger partial charge in [0, 0.05) is 25.6 Å². The minimum absolute atomic E-state index is 0.191. The van der Waals surface area contributed by atoms with Crippen molar-refractivity contribution in [1.29, 1.82) is 0 Å². The lowest BCUT2D eigenvalue weighted by molar-refractivity contribution is 0.101. The van der Waals surface area contributed by atoms with Crippen LogP contribution in [0.2, 0.25) is 0 Å². The summed E-state index contributed by atoms with van der Waals surface area (Å²) in [6, 6.07) is 9.88. The van der Waals surface area contributed by atoms with Crippen molar-refractivity contribution < 1.29 is 4.79 Å². The Bertz CT molecular complexity index is 1140. The molecule has 0 aliphatic carbocycles. The smallest absolute Gasteiger partial charge is 0.275 e. The van der Waals surface area contributed by atoms with Crippen LogP contribution < -0.4 is 5.32 Å². The summed E-state index contributed by atoms with van der Waals surface area (Å²) < 4.78 is 3.72. The quantitative estimate of drug-likeness (QED) is 0.587. The number of hydrogen-bond donors (Lipinski definition) is 2. The molecule has 27 heavy (non-hydrogen) atoms. The van der Waals surface area contributed by atoms with Crippen LogP contribution in [0.5, 0.6) is 0 Å². The Morgan fingerprint density at radius 2 is 2.07 bits per heavy atom. The van der Waals surface area contributed by atoms with Crippen molar-refractivity contribution in [1.82, 2.24) is 29.5 Å². The number of nitrogens with one attached hydrogen (secondary N) is 2. The molecule has 1 amide bonds. The number of carbonyl (C=O) groups is 1. The van der Waals surface area contributed by atoms with Gasteiger partial charge in [0.1, 0.15) is 23.0 Å². The number of carbonyl (C=O) groups excluding carboxylic acids is 1. The zero-order valence-corrected chi connectivity index (χ0v) is 14.9. The average Bonchev–Trinajstić information content (AvgIpc) is 3.38. The molecule has 0 saturated carbocycles. The van der Waals surface area contributed by atoms with Crippen LogP contribution in [-0.2, 0) is 20.0 Å². The van der Waals surface area contributed by atoms with Crippen molar-refractivity contribution in [2.75, 3.05) is 5.32 Å². The van der Waals surface area contributed by atoms with Crippen molar-refractivity contribution >= 4 is 22.8 Å². The normalized spacial score (nSPS) is 13.7. The molecule has 0 unspecified atom stereocenters. The number of hydrogen-bond acceptors (Lipinski definition) is 4. The number of amides is 1. The summed E-state index contributed by atoms with van der Waals surface area (Å²) in [6.45, 7) is 0.832. The van der Waals surface area contributed by atoms with Crippen molar-refractivity contribution in [2.24, 2.45) is 7.05 Å². The van der Waals surface area contributed by atoms with Crippen molar-refractivity contribution in [3.05, 3.63) is 48.0 Å². The Balaban J connectivity index is 1.54. The van der Waals surface area contributed by atoms with Gasteiger partial charge in [0.05, 0.1) is 11.6 Å². The monoisotopic (exact) mass is 361 g/mol. The van der Waals surface area contributed by atoms with Gasteiger partial charge in [-0.2, -0.15) is 10.2 Å². The van der Waals surface area contributed by atoms with E-state index in [1.54, 1.807) is 10.9 Å². The first kappa shape index (κ1) is 15.8. The van der Waals surface area contributed by atoms with Crippen LogP contribution in [0.1, 0.15) is 29.2 Å². The summed E-state index contributed by atoms with van der Waals surface area (Å²) in [5.74, 6) is 1.34. The maximum absolute atomic E-state index is 12.9. The number of aromatic nitrogens is 6. The number of aromatic amines is 1. The van der Waals surface area contributed by atoms with E-state index < -0.39 is 0 Å². The van der Waals surface area contributed by atoms with Gasteiger partial charge < -0.3 is 9.88 Å². The largest absolute Gasteiger partial charge is 0.324 e. The second-order valence-corrected chi connectivity index (χ2v) is 6.76. The van der Waals surface area contributed by atoms with E-state index in [-0.39, 0.29) is 5.91 Å². The standard InChI is InChI=1S/C19H19N7O/c1-25-18-15(16(24-25)12-7-3-2-4-8-12)17(22-23-18)21-19(27)13-11-20-14-9-5-6-10-26(13)14/h2-4,7-8,11H,5-6,9-10H2,1H3,(H2,21,22,23,27). The predicted octanol–water partition coefficient (Wildman–Crippen LogP) is 2.75. The highest BCUT2D eigenvalue weighted by Crippen LogP contribution is 2.31. The minimum atomic E-state index is -0.191. The molecule has 3 aromatic heterocycles. The van der Waals surface area contributed by atoms with Gasteiger partial charge in [-0.3, -0.25) is 9.89 Å². The summed E-state index contributed by atoms with van der Waals surface area (Å²) in [7, 11) is 1.84. The van der Waals surface area contributed by atoms with E-state index in [9.17, 15) is 4.79 Å². The first-order chi connectivity index (χ1) is 13.2. The fourth-order valence-electron chi connectivity index (χ4n) is 3.70. The lowest BCUT2D eigenvalue weighted by atomic mass is 10.1. The maximum Gasteiger partial charge on any atom is 0.275 e. The number of nitrogens with zero attached hydrogens (tertiary/aromatic N) is 5. The average molecular weight is 361 g/mol. The van der Waals surface area contributed by atoms with Gasteiger partial charge in [-0.15, -0.1) is 0 Å². The molecule has 1 aliphatic heterocycles. The number of aryl methyl sites for hydroxylation is 2. The topological polar surface area (TPSA) is 93.4 Å². The second kappa shape index (κ2) is 6.08. The molecule has 0 atom stereocenters. The van der Waals surface area contributed by atoms with Gasteiger partial charge in [-0.1, -0.05) is 30.3 Å². The van der Waals surface area contributed by atoms with E-state index in [4.69, 9.17) is 0 Å². The molecule has 4 aromatic rings. The predicted molar refractivity (Wildman–Crippen MR) is 101 cm³/mol. The molecular weight excluding hydrogens is 342 g/mol. The Morgan fingerprint density at radius 3 is 2.93 bits per heavy atom. The summed E-state index contributed by atoms with van der Waals surface area (Å²) in [4.78, 5) is 17.3. The fourth-order valence-corrected chi connectivity index (χ4v) is 3.70. The molecule has 136 valence electrons. The zero-order chi connectivity index (χ0) is 18.4. The summed E-state index contributed by atoms with van der Waals surface area (Å²) in [5.41, 5.74) is 3.03. The van der Waals surface area contributed by atoms with E-state index >= 15 is 0 Å². The Morgan fingerprint density at radius 1 is 1.22 bits per heavy atom. The SMILES string of the molecule is Cn1nc(-c2ccccc2)c2c(NC(=O)c3cnc4n3CCCC4)[nH]nc21. The van der Waals surface area contributed by atoms with Crippen LogP contribution in [0.3, 0.4) is 0 Å². The molecule has 2 N–H and O–H groups in total. The maximum atomic E-state index is 12.9. The molecule has 1 aliphatic rings. The number of H-pyrrole nitrogens is 1. The van der Waals surface area contributed by atoms with Crippen LogP contribution in [0.15, 0.2) is 36.5 Å². The molecule has 0 fully saturated rings. The minimum Gasteiger partial charge on any atom is -0.324 e. The summed E-state index contributed by atoms with van der Waals surface area (Å²) in [5, 5.41) is 15.6. The summed E-state index contributed by atoms with van der Waals surface area (Å²) >= 11 is 0. The van der Waals surface area contributed by atoms with Gasteiger partial charge in [-0.05, 0) is 12.8 Å². The number of fused-ring (bicyclic) bond motifs is 2. The Hall–Kier alpha value is -3.42. The second-order valence-electron chi connectivity index (χ2n) is 6.76. The third-order valence-electron chi connectivity index (χ3n) is 5.03. The van der Waals surface area contributed by atoms with Crippen LogP contribution in [0.4, 0.5) is 5.82 Å². The van der Waals surface area contributed by atoms with Gasteiger partial charge in [0.25, 0.3) is 5.91 Å². The van der Waals surface area contributed by atoms with E-state index in [0.29, 0.717) is 17.2 Å². The molecule has 4 heterocycles. The number of rotatable bonds is 3. The van der Waals surface area contributed by atoms with Gasteiger partial charge in [-0.25, -0.2) is 9.67 Å². The first-order valence-corrected chi connectivity index (χ1v) is 9.04. The van der Waals surface area contributed by atoms with E-state index in [1.165, 1.54) is 0 Å². The van der Waals surface area contributed by atoms with Crippen LogP contribution in [-0.4, -0.2) is 35.4 Å². The Labute approximate surface area is 155 Å². The molecule has 5 rings (SSSR count). The molecule has 1 aromatic carbocycles. The van der Waals surface area contributed by atoms with Crippen LogP contribution >= 0.6 is 0 Å². The molecule has 0 saturated heterocycles. The lowest BCUT2D eigenvalue weighted by Crippen LogP contribution is -2.20. The van der Waals surface area contributed by atoms with Gasteiger partial charge >= 0.3 is 0 Å². The zero-order valence-electron chi connectivity index (χ0n) is 14.9. The molecule has 8 heteroatoms. The van der Waals surface area contributed by atoms with Crippen molar-refractivity contribution in [3.8, 4) is 11.3 Å². The summed E-state index contributed by atoms with van der Waals surface area (Å²) in [6.07, 6.45) is 4.77. The van der Waals surface area contributed by atoms with Crippen LogP contribution in [0, 0.1) is 0 Å². The molecule has 0 radical (unpaired) electrons. The number of imidazole rings is 1. The molecule has 0 spiro atoms. The van der Waals surface area contributed by atoms with E-state index in [2.05, 4.69) is 25.6 Å². The van der Waals surface area contributed by atoms with Crippen molar-refractivity contribution in [3.63, 3.8) is 0 Å². The van der Waals surface area contributed by atoms with Crippen molar-refractivity contribution in [2.45, 2.75) is 25.8 Å². The molecule has 8 nitrogen and oxygen atoms in total. The van der Waals surface area contributed by atoms with Crippen LogP contribution in [0.25, 0.3) is 22.3 Å². The van der Waals surface area contributed by atoms with E-state index in [0.717, 1.165) is 48.3 Å². The number of benzene rings is 1. The van der Waals surface area contributed by atoms with E-state index in [1.807, 2.05) is 41.9 Å². The van der Waals surface area contributed by atoms with Gasteiger partial charge in [0.15, 0.2) is 5.65 Å². The highest BCUT2D eigenvalue weighted by atomic mass is 16.2. The molecular formula is C19H19N7O. The number of anilines is 1. The Kier molecular flexibility index (Phi) is 3.56. The first-order valence-electron chi connectivity index (χ1n) is 9.04.